The zero-order valence-corrected chi connectivity index (χ0v) is 18.9. The lowest BCUT2D eigenvalue weighted by molar-refractivity contribution is -0.0197. The van der Waals surface area contributed by atoms with E-state index in [1.54, 1.807) is 12.1 Å². The lowest BCUT2D eigenvalue weighted by atomic mass is 9.96. The number of fused-ring (bicyclic) bond motifs is 3. The quantitative estimate of drug-likeness (QED) is 0.345. The van der Waals surface area contributed by atoms with Gasteiger partial charge in [0, 0.05) is 27.0 Å². The summed E-state index contributed by atoms with van der Waals surface area (Å²) < 4.78 is 21.7. The van der Waals surface area contributed by atoms with Crippen molar-refractivity contribution in [3.8, 4) is 5.75 Å². The molecule has 0 aliphatic carbocycles. The van der Waals surface area contributed by atoms with Gasteiger partial charge in [0.05, 0.1) is 16.2 Å². The van der Waals surface area contributed by atoms with Crippen LogP contribution in [-0.2, 0) is 0 Å². The summed E-state index contributed by atoms with van der Waals surface area (Å²) in [6, 6.07) is 18.1. The predicted octanol–water partition coefficient (Wildman–Crippen LogP) is 7.25. The van der Waals surface area contributed by atoms with E-state index in [0.29, 0.717) is 5.02 Å². The Labute approximate surface area is 189 Å². The van der Waals surface area contributed by atoms with Crippen LogP contribution in [0, 0.1) is 5.82 Å². The Morgan fingerprint density at radius 1 is 1.03 bits per heavy atom. The maximum absolute atomic E-state index is 13.5. The van der Waals surface area contributed by atoms with Gasteiger partial charge < -0.3 is 4.74 Å². The van der Waals surface area contributed by atoms with Crippen molar-refractivity contribution in [2.24, 2.45) is 5.10 Å². The Hall–Kier alpha value is -1.89. The molecule has 0 amide bonds. The van der Waals surface area contributed by atoms with Gasteiger partial charge in [-0.05, 0) is 57.9 Å². The van der Waals surface area contributed by atoms with Crippen LogP contribution in [0.5, 0.6) is 5.75 Å². The lowest BCUT2D eigenvalue weighted by Gasteiger charge is -2.38. The van der Waals surface area contributed by atoms with Gasteiger partial charge >= 0.3 is 0 Å². The van der Waals surface area contributed by atoms with Gasteiger partial charge in [-0.15, -0.1) is 0 Å². The van der Waals surface area contributed by atoms with Gasteiger partial charge in [0.2, 0.25) is 6.23 Å². The summed E-state index contributed by atoms with van der Waals surface area (Å²) in [5, 5.41) is 7.57. The Kier molecular flexibility index (Phi) is 4.88. The average Bonchev–Trinajstić information content (AvgIpc) is 3.14. The molecule has 0 saturated carbocycles. The standard InChI is InChI=1S/C22H14Br2ClFN2O/c23-14-9-17-20-11-19(12-1-5-15(25)6-2-12)27-28(20)22(29-21(17)18(24)10-14)13-3-7-16(26)8-4-13/h1-10,20,22H,11H2/t20-,22-/m1/s1. The summed E-state index contributed by atoms with van der Waals surface area (Å²) in [7, 11) is 0. The number of nitrogens with zero attached hydrogens (tertiary/aromatic N) is 2. The van der Waals surface area contributed by atoms with E-state index in [9.17, 15) is 4.39 Å². The van der Waals surface area contributed by atoms with Crippen molar-refractivity contribution < 1.29 is 9.13 Å². The van der Waals surface area contributed by atoms with E-state index in [2.05, 4.69) is 37.9 Å². The van der Waals surface area contributed by atoms with Crippen LogP contribution < -0.4 is 4.74 Å². The van der Waals surface area contributed by atoms with Crippen LogP contribution in [0.3, 0.4) is 0 Å². The second-order valence-electron chi connectivity index (χ2n) is 6.98. The summed E-state index contributed by atoms with van der Waals surface area (Å²) in [4.78, 5) is 0. The van der Waals surface area contributed by atoms with Crippen molar-refractivity contribution in [2.75, 3.05) is 0 Å². The highest BCUT2D eigenvalue weighted by molar-refractivity contribution is 9.11. The predicted molar refractivity (Wildman–Crippen MR) is 119 cm³/mol. The van der Waals surface area contributed by atoms with Crippen molar-refractivity contribution in [1.29, 1.82) is 0 Å². The van der Waals surface area contributed by atoms with Crippen LogP contribution >= 0.6 is 43.5 Å². The maximum Gasteiger partial charge on any atom is 0.213 e. The van der Waals surface area contributed by atoms with E-state index >= 15 is 0 Å². The topological polar surface area (TPSA) is 24.8 Å². The Morgan fingerprint density at radius 2 is 1.76 bits per heavy atom. The highest BCUT2D eigenvalue weighted by Gasteiger charge is 2.41. The average molecular weight is 537 g/mol. The number of halogens is 4. The summed E-state index contributed by atoms with van der Waals surface area (Å²) in [5.41, 5.74) is 3.89. The monoisotopic (exact) mass is 534 g/mol. The molecule has 0 N–H and O–H groups in total. The molecule has 2 aliphatic rings. The minimum atomic E-state index is -0.449. The van der Waals surface area contributed by atoms with Gasteiger partial charge in [-0.1, -0.05) is 51.8 Å². The highest BCUT2D eigenvalue weighted by Crippen LogP contribution is 2.50. The number of benzene rings is 3. The molecule has 3 nitrogen and oxygen atoms in total. The summed E-state index contributed by atoms with van der Waals surface area (Å²) in [6.07, 6.45) is 0.286. The van der Waals surface area contributed by atoms with E-state index in [1.165, 1.54) is 12.1 Å². The van der Waals surface area contributed by atoms with Crippen LogP contribution in [-0.4, -0.2) is 10.7 Å². The van der Waals surface area contributed by atoms with E-state index in [4.69, 9.17) is 21.4 Å². The van der Waals surface area contributed by atoms with Gasteiger partial charge in [-0.2, -0.15) is 5.10 Å². The van der Waals surface area contributed by atoms with Crippen molar-refractivity contribution in [1.82, 2.24) is 5.01 Å². The maximum atomic E-state index is 13.5. The molecule has 2 aliphatic heterocycles. The molecule has 0 spiro atoms. The molecule has 2 atom stereocenters. The summed E-state index contributed by atoms with van der Waals surface area (Å²) in [5.74, 6) is 0.509. The first kappa shape index (κ1) is 19.1. The van der Waals surface area contributed by atoms with E-state index in [-0.39, 0.29) is 11.9 Å². The number of rotatable bonds is 2. The smallest absolute Gasteiger partial charge is 0.213 e. The van der Waals surface area contributed by atoms with Crippen LogP contribution in [0.25, 0.3) is 0 Å². The largest absolute Gasteiger partial charge is 0.463 e. The lowest BCUT2D eigenvalue weighted by Crippen LogP contribution is -2.33. The molecule has 3 aromatic rings. The normalized spacial score (nSPS) is 20.0. The fraction of sp³-hybridized carbons (Fsp3) is 0.136. The van der Waals surface area contributed by atoms with Crippen molar-refractivity contribution in [3.63, 3.8) is 0 Å². The highest BCUT2D eigenvalue weighted by atomic mass is 79.9. The first-order valence-electron chi connectivity index (χ1n) is 9.02. The van der Waals surface area contributed by atoms with Crippen molar-refractivity contribution >= 4 is 49.2 Å². The SMILES string of the molecule is Fc1ccc([C@H]2Oc3c(Br)cc(Br)cc3[C@H]3CC(c4ccc(Cl)cc4)=NN32)cc1. The molecule has 0 unspecified atom stereocenters. The second-order valence-corrected chi connectivity index (χ2v) is 9.19. The minimum Gasteiger partial charge on any atom is -0.463 e. The van der Waals surface area contributed by atoms with Crippen LogP contribution in [0.1, 0.15) is 35.4 Å². The number of ether oxygens (including phenoxy) is 1. The van der Waals surface area contributed by atoms with E-state index in [1.807, 2.05) is 35.3 Å². The molecule has 146 valence electrons. The van der Waals surface area contributed by atoms with Gasteiger partial charge in [-0.3, -0.25) is 0 Å². The molecule has 0 bridgehead atoms. The van der Waals surface area contributed by atoms with Gasteiger partial charge in [-0.25, -0.2) is 9.40 Å². The molecular weight excluding hydrogens is 523 g/mol. The van der Waals surface area contributed by atoms with Gasteiger partial charge in [0.1, 0.15) is 11.6 Å². The Balaban J connectivity index is 1.62. The van der Waals surface area contributed by atoms with Crippen LogP contribution in [0.2, 0.25) is 5.02 Å². The molecule has 5 rings (SSSR count). The number of hydrogen-bond acceptors (Lipinski definition) is 3. The molecule has 3 aromatic carbocycles. The molecular formula is C22H14Br2ClFN2O. The molecule has 2 heterocycles. The molecule has 7 heteroatoms. The summed E-state index contributed by atoms with van der Waals surface area (Å²) in [6.45, 7) is 0. The third kappa shape index (κ3) is 3.47. The van der Waals surface area contributed by atoms with Crippen LogP contribution in [0.15, 0.2) is 74.7 Å². The molecule has 29 heavy (non-hydrogen) atoms. The summed E-state index contributed by atoms with van der Waals surface area (Å²) >= 11 is 13.2. The molecule has 0 aromatic heterocycles. The zero-order chi connectivity index (χ0) is 20.1. The van der Waals surface area contributed by atoms with Crippen molar-refractivity contribution in [3.05, 3.63) is 97.1 Å². The first-order chi connectivity index (χ1) is 14.0. The third-order valence-electron chi connectivity index (χ3n) is 5.14. The van der Waals surface area contributed by atoms with Crippen LogP contribution in [0.4, 0.5) is 4.39 Å². The third-order valence-corrected chi connectivity index (χ3v) is 6.44. The van der Waals surface area contributed by atoms with Crippen molar-refractivity contribution in [2.45, 2.75) is 18.7 Å². The Bertz CT molecular complexity index is 1120. The molecule has 0 radical (unpaired) electrons. The molecule has 0 saturated heterocycles. The van der Waals surface area contributed by atoms with Gasteiger partial charge in [0.15, 0.2) is 0 Å². The zero-order valence-electron chi connectivity index (χ0n) is 14.9. The van der Waals surface area contributed by atoms with Gasteiger partial charge in [0.25, 0.3) is 0 Å². The minimum absolute atomic E-state index is 0.00767. The fourth-order valence-corrected chi connectivity index (χ4v) is 5.26. The van der Waals surface area contributed by atoms with E-state index < -0.39 is 6.23 Å². The fourth-order valence-electron chi connectivity index (χ4n) is 3.78. The number of hydrogen-bond donors (Lipinski definition) is 0. The molecule has 0 fully saturated rings. The second kappa shape index (κ2) is 7.42. The number of hydrazone groups is 1. The van der Waals surface area contributed by atoms with E-state index in [0.717, 1.165) is 43.5 Å². The Morgan fingerprint density at radius 3 is 2.48 bits per heavy atom. The first-order valence-corrected chi connectivity index (χ1v) is 11.0.